The average Bonchev–Trinajstić information content (AvgIpc) is 2.17. The largest absolute Gasteiger partial charge is 0.382 e. The number of aliphatic hydroxyl groups excluding tert-OH is 1. The number of hydrogen-bond donors (Lipinski definition) is 2. The Balaban J connectivity index is 3.07. The zero-order valence-corrected chi connectivity index (χ0v) is 9.81. The van der Waals surface area contributed by atoms with E-state index in [-0.39, 0.29) is 11.3 Å². The summed E-state index contributed by atoms with van der Waals surface area (Å²) in [7, 11) is -3.73. The monoisotopic (exact) mass is 246 g/mol. The molecule has 90 valence electrons. The van der Waals surface area contributed by atoms with Gasteiger partial charge in [-0.25, -0.2) is 0 Å². The first kappa shape index (κ1) is 13.0. The fourth-order valence-electron chi connectivity index (χ4n) is 0.991. The Labute approximate surface area is 94.4 Å². The van der Waals surface area contributed by atoms with Crippen LogP contribution in [0.4, 0.5) is 0 Å². The van der Waals surface area contributed by atoms with Gasteiger partial charge in [-0.05, 0) is 19.9 Å². The maximum atomic E-state index is 11.5. The highest BCUT2D eigenvalue weighted by Gasteiger charge is 2.21. The lowest BCUT2D eigenvalue weighted by atomic mass is 10.2. The highest BCUT2D eigenvalue weighted by atomic mass is 32.2. The van der Waals surface area contributed by atoms with E-state index in [1.54, 1.807) is 12.1 Å². The van der Waals surface area contributed by atoms with Gasteiger partial charge in [0.05, 0.1) is 10.8 Å². The minimum absolute atomic E-state index is 0.0201. The lowest BCUT2D eigenvalue weighted by Gasteiger charge is -2.13. The minimum Gasteiger partial charge on any atom is -0.382 e. The number of benzene rings is 1. The predicted octanol–water partition coefficient (Wildman–Crippen LogP) is 0.787. The molecule has 0 aliphatic rings. The Hall–Kier alpha value is -1.11. The van der Waals surface area contributed by atoms with Gasteiger partial charge in [-0.3, -0.25) is 0 Å². The summed E-state index contributed by atoms with van der Waals surface area (Å²) >= 11 is 0. The van der Waals surface area contributed by atoms with Crippen molar-refractivity contribution in [3.8, 4) is 5.75 Å². The van der Waals surface area contributed by atoms with E-state index in [4.69, 9.17) is 14.4 Å². The summed E-state index contributed by atoms with van der Waals surface area (Å²) in [6.07, 6.45) is -1.77. The van der Waals surface area contributed by atoms with Crippen LogP contribution in [0.25, 0.3) is 0 Å². The Morgan fingerprint density at radius 1 is 1.19 bits per heavy atom. The smallest absolute Gasteiger partial charge is 0.311 e. The molecule has 1 aromatic rings. The van der Waals surface area contributed by atoms with Gasteiger partial charge in [-0.1, -0.05) is 18.2 Å². The van der Waals surface area contributed by atoms with Gasteiger partial charge in [0.1, 0.15) is 0 Å². The van der Waals surface area contributed by atoms with Crippen LogP contribution in [0.1, 0.15) is 25.7 Å². The van der Waals surface area contributed by atoms with E-state index >= 15 is 0 Å². The summed E-state index contributed by atoms with van der Waals surface area (Å²) < 4.78 is 27.8. The lowest BCUT2D eigenvalue weighted by molar-refractivity contribution is -0.0433. The fourth-order valence-corrected chi connectivity index (χ4v) is 1.59. The Kier molecular flexibility index (Phi) is 3.90. The molecular weight excluding hydrogens is 232 g/mol. The Bertz CT molecular complexity index is 450. The van der Waals surface area contributed by atoms with Gasteiger partial charge >= 0.3 is 10.1 Å². The molecule has 1 rings (SSSR count). The molecule has 0 aromatic heterocycles. The minimum atomic E-state index is -3.73. The van der Waals surface area contributed by atoms with E-state index in [9.17, 15) is 8.42 Å². The maximum Gasteiger partial charge on any atom is 0.311 e. The first-order valence-electron chi connectivity index (χ1n) is 4.73. The molecule has 0 aliphatic heterocycles. The van der Waals surface area contributed by atoms with Crippen molar-refractivity contribution in [3.63, 3.8) is 0 Å². The van der Waals surface area contributed by atoms with Crippen LogP contribution in [0, 0.1) is 0 Å². The normalized spacial score (nSPS) is 12.1. The number of hydrogen-bond acceptors (Lipinski definition) is 5. The molecular formula is C10H14O5S. The zero-order valence-electron chi connectivity index (χ0n) is 8.99. The molecule has 0 aliphatic carbocycles. The van der Waals surface area contributed by atoms with Crippen molar-refractivity contribution in [2.45, 2.75) is 25.4 Å². The summed E-state index contributed by atoms with van der Waals surface area (Å²) in [5.74, 6) is -0.0637. The van der Waals surface area contributed by atoms with Gasteiger partial charge in [0.25, 0.3) is 0 Å². The molecule has 5 nitrogen and oxygen atoms in total. The van der Waals surface area contributed by atoms with Gasteiger partial charge < -0.3 is 14.4 Å². The van der Waals surface area contributed by atoms with Crippen molar-refractivity contribution in [1.29, 1.82) is 0 Å². The van der Waals surface area contributed by atoms with Crippen LogP contribution in [0.2, 0.25) is 0 Å². The summed E-state index contributed by atoms with van der Waals surface area (Å²) in [4.78, 5) is 0. The van der Waals surface area contributed by atoms with Gasteiger partial charge in [0.15, 0.2) is 12.0 Å². The number of para-hydroxylation sites is 1. The molecule has 1 aromatic carbocycles. The van der Waals surface area contributed by atoms with Gasteiger partial charge in [0.2, 0.25) is 0 Å². The second-order valence-electron chi connectivity index (χ2n) is 3.54. The van der Waals surface area contributed by atoms with Crippen molar-refractivity contribution >= 4 is 10.1 Å². The van der Waals surface area contributed by atoms with Crippen molar-refractivity contribution in [3.05, 3.63) is 29.8 Å². The second kappa shape index (κ2) is 4.82. The first-order chi connectivity index (χ1) is 7.34. The highest BCUT2D eigenvalue weighted by Crippen LogP contribution is 2.25. The Morgan fingerprint density at radius 2 is 1.75 bits per heavy atom. The van der Waals surface area contributed by atoms with Crippen molar-refractivity contribution in [1.82, 2.24) is 0 Å². The van der Waals surface area contributed by atoms with E-state index in [1.807, 2.05) is 0 Å². The summed E-state index contributed by atoms with van der Waals surface area (Å²) in [6.45, 7) is 2.96. The van der Waals surface area contributed by atoms with Gasteiger partial charge in [0, 0.05) is 0 Å². The quantitative estimate of drug-likeness (QED) is 0.606. The summed E-state index contributed by atoms with van der Waals surface area (Å²) in [5, 5.41) is 17.3. The molecule has 0 saturated carbocycles. The molecule has 6 heteroatoms. The molecule has 16 heavy (non-hydrogen) atoms. The molecule has 0 atom stereocenters. The van der Waals surface area contributed by atoms with Crippen molar-refractivity contribution in [2.75, 3.05) is 0 Å². The molecule has 0 spiro atoms. The van der Waals surface area contributed by atoms with Crippen LogP contribution in [0.15, 0.2) is 24.3 Å². The van der Waals surface area contributed by atoms with E-state index < -0.39 is 21.7 Å². The third kappa shape index (κ3) is 2.94. The third-order valence-corrected chi connectivity index (χ3v) is 3.55. The standard InChI is InChI=1S/C10H14O5S/c1-7(2)16(13,14)15-9-6-4-3-5-8(9)10(11)12/h3-7,10-12H,1-2H3. The van der Waals surface area contributed by atoms with Gasteiger partial charge in [-0.15, -0.1) is 0 Å². The van der Waals surface area contributed by atoms with Crippen LogP contribution in [-0.4, -0.2) is 23.9 Å². The summed E-state index contributed by atoms with van der Waals surface area (Å²) in [5.41, 5.74) is 0.0201. The van der Waals surface area contributed by atoms with E-state index in [1.165, 1.54) is 26.0 Å². The highest BCUT2D eigenvalue weighted by molar-refractivity contribution is 7.87. The van der Waals surface area contributed by atoms with Crippen LogP contribution >= 0.6 is 0 Å². The van der Waals surface area contributed by atoms with Crippen molar-refractivity contribution < 1.29 is 22.8 Å². The fraction of sp³-hybridized carbons (Fsp3) is 0.400. The molecule has 0 unspecified atom stereocenters. The molecule has 0 saturated heterocycles. The number of aliphatic hydroxyl groups is 2. The third-order valence-electron chi connectivity index (χ3n) is 1.98. The van der Waals surface area contributed by atoms with E-state index in [0.29, 0.717) is 0 Å². The molecule has 2 N–H and O–H groups in total. The molecule has 0 fully saturated rings. The van der Waals surface area contributed by atoms with Crippen LogP contribution in [-0.2, 0) is 10.1 Å². The number of rotatable bonds is 4. The topological polar surface area (TPSA) is 83.8 Å². The van der Waals surface area contributed by atoms with E-state index in [2.05, 4.69) is 0 Å². The summed E-state index contributed by atoms with van der Waals surface area (Å²) in [6, 6.07) is 5.87. The van der Waals surface area contributed by atoms with Crippen LogP contribution in [0.3, 0.4) is 0 Å². The predicted molar refractivity (Wildman–Crippen MR) is 58.3 cm³/mol. The molecule has 0 bridgehead atoms. The van der Waals surface area contributed by atoms with Crippen LogP contribution < -0.4 is 4.18 Å². The van der Waals surface area contributed by atoms with Crippen LogP contribution in [0.5, 0.6) is 5.75 Å². The average molecular weight is 246 g/mol. The lowest BCUT2D eigenvalue weighted by Crippen LogP contribution is -2.20. The second-order valence-corrected chi connectivity index (χ2v) is 5.63. The molecule has 0 radical (unpaired) electrons. The SMILES string of the molecule is CC(C)S(=O)(=O)Oc1ccccc1C(O)O. The molecule has 0 amide bonds. The van der Waals surface area contributed by atoms with Crippen molar-refractivity contribution in [2.24, 2.45) is 0 Å². The zero-order chi connectivity index (χ0) is 12.3. The maximum absolute atomic E-state index is 11.5. The van der Waals surface area contributed by atoms with Gasteiger partial charge in [-0.2, -0.15) is 8.42 Å². The van der Waals surface area contributed by atoms with E-state index in [0.717, 1.165) is 0 Å². The first-order valence-corrected chi connectivity index (χ1v) is 6.20. The Morgan fingerprint density at radius 3 is 2.25 bits per heavy atom. The molecule has 0 heterocycles.